The number of ether oxygens (including phenoxy) is 1. The summed E-state index contributed by atoms with van der Waals surface area (Å²) in [7, 11) is -3.07. The molecular weight excluding hydrogens is 687 g/mol. The number of benzene rings is 4. The third-order valence-corrected chi connectivity index (χ3v) is 13.6. The predicted octanol–water partition coefficient (Wildman–Crippen LogP) is 11.8. The molecule has 0 aliphatic heterocycles. The Bertz CT molecular complexity index is 2560. The van der Waals surface area contributed by atoms with E-state index < -0.39 is 10.1 Å². The molecule has 9 rings (SSSR count). The van der Waals surface area contributed by atoms with Gasteiger partial charge in [-0.3, -0.25) is 4.55 Å². The highest BCUT2D eigenvalue weighted by Crippen LogP contribution is 2.47. The first-order chi connectivity index (χ1) is 26.4. The van der Waals surface area contributed by atoms with Crippen LogP contribution in [0.1, 0.15) is 112 Å². The van der Waals surface area contributed by atoms with E-state index >= 15 is 0 Å². The fraction of sp³-hybridized carbons (Fsp3) is 0.396. The zero-order chi connectivity index (χ0) is 37.0. The second-order valence-electron chi connectivity index (χ2n) is 16.1. The Kier molecular flexibility index (Phi) is 9.47. The number of fused-ring (bicyclic) bond motifs is 2. The normalized spacial score (nSPS) is 13.9. The summed E-state index contributed by atoms with van der Waals surface area (Å²) in [6.07, 6.45) is 20.9. The first kappa shape index (κ1) is 35.4. The monoisotopic (exact) mass is 738 g/mol. The number of aromatic nitrogens is 1. The third-order valence-electron chi connectivity index (χ3n) is 12.7. The summed E-state index contributed by atoms with van der Waals surface area (Å²) in [5.74, 6) is 0.148. The van der Waals surface area contributed by atoms with Crippen molar-refractivity contribution in [2.45, 2.75) is 121 Å². The van der Waals surface area contributed by atoms with E-state index in [4.69, 9.17) is 4.74 Å². The van der Waals surface area contributed by atoms with Gasteiger partial charge in [-0.2, -0.15) is 12.8 Å². The van der Waals surface area contributed by atoms with Crippen LogP contribution in [0, 0.1) is 0 Å². The van der Waals surface area contributed by atoms with Gasteiger partial charge in [0, 0.05) is 27.5 Å². The number of unbranched alkanes of at least 4 members (excludes halogenated alkanes) is 11. The average molecular weight is 739 g/mol. The molecular formula is C48H52NO4S+. The van der Waals surface area contributed by atoms with Crippen LogP contribution in [0.15, 0.2) is 71.6 Å². The van der Waals surface area contributed by atoms with Gasteiger partial charge in [0.05, 0.1) is 28.7 Å². The summed E-state index contributed by atoms with van der Waals surface area (Å²) in [5.41, 5.74) is 12.4. The molecule has 3 aromatic heterocycles. The number of hydrogen-bond acceptors (Lipinski definition) is 3. The number of nitrogens with zero attached hydrogens (tertiary/aromatic N) is 1. The van der Waals surface area contributed by atoms with E-state index in [1.165, 1.54) is 161 Å². The Hall–Kier alpha value is -4.26. The van der Waals surface area contributed by atoms with E-state index in [-0.39, 0.29) is 10.6 Å². The second-order valence-corrected chi connectivity index (χ2v) is 17.5. The van der Waals surface area contributed by atoms with Gasteiger partial charge in [-0.25, -0.2) is 0 Å². The molecule has 0 saturated carbocycles. The summed E-state index contributed by atoms with van der Waals surface area (Å²) in [4.78, 5) is -0.192. The third kappa shape index (κ3) is 5.92. The van der Waals surface area contributed by atoms with Gasteiger partial charge in [-0.15, -0.1) is 0 Å². The van der Waals surface area contributed by atoms with Gasteiger partial charge in [0.25, 0.3) is 10.1 Å². The van der Waals surface area contributed by atoms with Gasteiger partial charge < -0.3 is 4.74 Å². The van der Waals surface area contributed by atoms with Crippen LogP contribution in [0.3, 0.4) is 0 Å². The maximum Gasteiger partial charge on any atom is 0.298 e. The Morgan fingerprint density at radius 3 is 1.69 bits per heavy atom. The molecule has 0 bridgehead atoms. The molecule has 5 nitrogen and oxygen atoms in total. The van der Waals surface area contributed by atoms with Crippen molar-refractivity contribution in [2.75, 3.05) is 7.11 Å². The topological polar surface area (TPSA) is 67.7 Å². The highest BCUT2D eigenvalue weighted by molar-refractivity contribution is 7.86. The van der Waals surface area contributed by atoms with Gasteiger partial charge in [0.15, 0.2) is 0 Å². The summed E-state index contributed by atoms with van der Waals surface area (Å²) in [6.45, 7) is 2.29. The molecule has 0 saturated heterocycles. The van der Waals surface area contributed by atoms with Crippen molar-refractivity contribution in [1.82, 2.24) is 0 Å². The van der Waals surface area contributed by atoms with Gasteiger partial charge in [-0.05, 0) is 85.0 Å². The number of hydrogen-bond donors (Lipinski definition) is 1. The Morgan fingerprint density at radius 1 is 0.630 bits per heavy atom. The summed E-state index contributed by atoms with van der Waals surface area (Å²) >= 11 is 0. The minimum absolute atomic E-state index is 0.148. The molecule has 2 aliphatic carbocycles. The smallest absolute Gasteiger partial charge is 0.298 e. The van der Waals surface area contributed by atoms with E-state index in [0.717, 1.165) is 43.2 Å². The lowest BCUT2D eigenvalue weighted by Gasteiger charge is -2.26. The molecule has 2 aliphatic rings. The van der Waals surface area contributed by atoms with Crippen molar-refractivity contribution in [3.63, 3.8) is 0 Å². The molecule has 54 heavy (non-hydrogen) atoms. The Balaban J connectivity index is 1.17. The molecule has 0 fully saturated rings. The fourth-order valence-electron chi connectivity index (χ4n) is 10.2. The van der Waals surface area contributed by atoms with E-state index in [1.54, 1.807) is 12.1 Å². The lowest BCUT2D eigenvalue weighted by molar-refractivity contribution is -0.449. The molecule has 0 radical (unpaired) electrons. The van der Waals surface area contributed by atoms with Gasteiger partial charge >= 0.3 is 0 Å². The largest absolute Gasteiger partial charge is 0.495 e. The van der Waals surface area contributed by atoms with Crippen molar-refractivity contribution < 1.29 is 22.1 Å². The zero-order valence-electron chi connectivity index (χ0n) is 31.9. The van der Waals surface area contributed by atoms with Crippen molar-refractivity contribution in [3.05, 3.63) is 94.5 Å². The SMILES string of the molecule is CCCCCCCCCCCCCCc1cc2c3cccc4c3c3c(c(-c5ccc(OC)c(S(=O)(=O)O)c5)c5c6c7c(cccc7c(c1)c2[n+]36)CC5)CC4. The summed E-state index contributed by atoms with van der Waals surface area (Å²) < 4.78 is 43.5. The van der Waals surface area contributed by atoms with Crippen LogP contribution in [0.2, 0.25) is 0 Å². The first-order valence-electron chi connectivity index (χ1n) is 20.6. The van der Waals surface area contributed by atoms with Gasteiger partial charge in [-0.1, -0.05) is 120 Å². The molecule has 0 spiro atoms. The van der Waals surface area contributed by atoms with Crippen LogP contribution < -0.4 is 9.14 Å². The molecule has 1 N–H and O–H groups in total. The van der Waals surface area contributed by atoms with Gasteiger partial charge in [0.2, 0.25) is 16.6 Å². The average Bonchev–Trinajstić information content (AvgIpc) is 3.18. The summed E-state index contributed by atoms with van der Waals surface area (Å²) in [6, 6.07) is 23.9. The zero-order valence-corrected chi connectivity index (χ0v) is 32.7. The minimum atomic E-state index is -4.51. The van der Waals surface area contributed by atoms with Crippen molar-refractivity contribution in [3.8, 4) is 16.9 Å². The summed E-state index contributed by atoms with van der Waals surface area (Å²) in [5, 5.41) is 7.90. The lowest BCUT2D eigenvalue weighted by atomic mass is 9.78. The highest BCUT2D eigenvalue weighted by atomic mass is 32.2. The molecule has 0 unspecified atom stereocenters. The van der Waals surface area contributed by atoms with E-state index in [1.807, 2.05) is 6.07 Å². The van der Waals surface area contributed by atoms with E-state index in [2.05, 4.69) is 59.9 Å². The number of rotatable bonds is 16. The van der Waals surface area contributed by atoms with E-state index in [0.29, 0.717) is 0 Å². The van der Waals surface area contributed by atoms with Crippen LogP contribution in [-0.4, -0.2) is 20.1 Å². The van der Waals surface area contributed by atoms with Crippen LogP contribution in [0.25, 0.3) is 60.0 Å². The first-order valence-corrected chi connectivity index (χ1v) is 22.0. The van der Waals surface area contributed by atoms with Gasteiger partial charge in [0.1, 0.15) is 10.6 Å². The number of aryl methyl sites for hydroxylation is 5. The molecule has 3 heterocycles. The fourth-order valence-corrected chi connectivity index (χ4v) is 10.9. The van der Waals surface area contributed by atoms with Crippen molar-refractivity contribution >= 4 is 59.0 Å². The standard InChI is InChI=1S/C48H51NO4S/c1-3-4-5-6-7-8-9-10-11-12-13-14-17-31-28-39-35-20-15-18-32-22-25-37-43(34-24-27-41(53-2)42(30-34)54(50,51)52)38-26-23-33-19-16-21-36-40(29-31)46(39)49(47(37)44(32)35)48(38)45(33)36/h15-16,18-21,24,27-30H,3-14,17,22-23,25-26H2,1-2H3/p+1. The molecule has 7 aromatic rings. The van der Waals surface area contributed by atoms with Crippen LogP contribution in [-0.2, 0) is 42.2 Å². The Labute approximate surface area is 319 Å². The minimum Gasteiger partial charge on any atom is -0.495 e. The van der Waals surface area contributed by atoms with Crippen LogP contribution in [0.5, 0.6) is 5.75 Å². The van der Waals surface area contributed by atoms with Crippen molar-refractivity contribution in [2.24, 2.45) is 0 Å². The Morgan fingerprint density at radius 2 is 1.17 bits per heavy atom. The molecule has 0 amide bonds. The van der Waals surface area contributed by atoms with Crippen molar-refractivity contribution in [1.29, 1.82) is 0 Å². The quantitative estimate of drug-likeness (QED) is 0.0352. The lowest BCUT2D eigenvalue weighted by Crippen LogP contribution is -2.33. The molecule has 278 valence electrons. The maximum atomic E-state index is 12.6. The van der Waals surface area contributed by atoms with E-state index in [9.17, 15) is 13.0 Å². The number of pyridine rings is 3. The second kappa shape index (κ2) is 14.4. The molecule has 6 heteroatoms. The number of methoxy groups -OCH3 is 1. The predicted molar refractivity (Wildman–Crippen MR) is 222 cm³/mol. The highest BCUT2D eigenvalue weighted by Gasteiger charge is 2.37. The maximum absolute atomic E-state index is 12.6. The van der Waals surface area contributed by atoms with Crippen LogP contribution >= 0.6 is 0 Å². The molecule has 0 atom stereocenters. The van der Waals surface area contributed by atoms with Crippen LogP contribution in [0.4, 0.5) is 0 Å². The molecule has 4 aromatic carbocycles.